The molecule has 8 rings (SSSR count). The number of carbonyl (C=O) groups is 6. The average Bonchev–Trinajstić information content (AvgIpc) is 3.99. The van der Waals surface area contributed by atoms with E-state index >= 15 is 0 Å². The quantitative estimate of drug-likeness (QED) is 0.0988. The van der Waals surface area contributed by atoms with Crippen LogP contribution < -0.4 is 31.9 Å². The minimum Gasteiger partial charge on any atom is -0.375 e. The number of rotatable bonds is 19. The zero-order valence-corrected chi connectivity index (χ0v) is 47.5. The molecule has 74 heavy (non-hydrogen) atoms. The number of nitrogens with one attached hydrogen (secondary N) is 6. The van der Waals surface area contributed by atoms with Gasteiger partial charge in [-0.15, -0.1) is 48.3 Å². The van der Waals surface area contributed by atoms with Crippen LogP contribution in [0.15, 0.2) is 48.5 Å². The van der Waals surface area contributed by atoms with E-state index in [-0.39, 0.29) is 95.3 Å². The van der Waals surface area contributed by atoms with Crippen LogP contribution in [-0.2, 0) is 51.1 Å². The molecule has 16 nitrogen and oxygen atoms in total. The van der Waals surface area contributed by atoms with Crippen molar-refractivity contribution in [3.63, 3.8) is 0 Å². The van der Waals surface area contributed by atoms with Crippen molar-refractivity contribution in [3.8, 4) is 0 Å². The molecule has 0 unspecified atom stereocenters. The van der Waals surface area contributed by atoms with Crippen LogP contribution in [0, 0.1) is 10.8 Å². The molecule has 6 N–H and O–H groups in total. The number of carbonyl (C=O) groups excluding carboxylic acids is 6. The van der Waals surface area contributed by atoms with Gasteiger partial charge < -0.3 is 51.2 Å². The summed E-state index contributed by atoms with van der Waals surface area (Å²) in [4.78, 5) is 86.8. The Hall–Kier alpha value is -3.62. The Kier molecular flexibility index (Phi) is 20.7. The van der Waals surface area contributed by atoms with Gasteiger partial charge in [0, 0.05) is 26.1 Å². The fourth-order valence-electron chi connectivity index (χ4n) is 11.8. The number of halogens is 2. The predicted octanol–water partition coefficient (Wildman–Crippen LogP) is 5.35. The third-order valence-corrected chi connectivity index (χ3v) is 18.5. The Bertz CT molecular complexity index is 2170. The number of ether oxygens (including phenoxy) is 2. The summed E-state index contributed by atoms with van der Waals surface area (Å²) in [6.45, 7) is 12.8. The lowest BCUT2D eigenvalue weighted by atomic mass is 9.83. The van der Waals surface area contributed by atoms with Crippen molar-refractivity contribution in [2.45, 2.75) is 177 Å². The largest absolute Gasteiger partial charge is 0.375 e. The van der Waals surface area contributed by atoms with Crippen molar-refractivity contribution in [1.29, 1.82) is 0 Å². The summed E-state index contributed by atoms with van der Waals surface area (Å²) in [5.74, 6) is 0.117. The monoisotopic (exact) mass is 1100 g/mol. The van der Waals surface area contributed by atoms with Crippen molar-refractivity contribution >= 4 is 83.8 Å². The SMILES string of the molecule is CN[C@@H](C)C(=O)N[C@H]1CCS[C@H]2CC(C)(C)[C@@H](C(=O)N[C@H]3c4ccccc4C[C@H]3OCCCCCCO[C@@H]3Cc4ccccc4[C@@H]3NC(=O)[C@H]3N4C(=O)[C@@H](NC(=O)[C@H](C)NC)CCS[C@H]4CC3(C)C)N2C1=O.Cl.Cl. The van der Waals surface area contributed by atoms with Crippen molar-refractivity contribution in [3.05, 3.63) is 70.8 Å². The molecule has 4 fully saturated rings. The molecule has 0 bridgehead atoms. The molecule has 4 heterocycles. The molecule has 4 saturated heterocycles. The summed E-state index contributed by atoms with van der Waals surface area (Å²) in [6.07, 6.45) is 6.71. The van der Waals surface area contributed by atoms with Crippen LogP contribution in [0.3, 0.4) is 0 Å². The van der Waals surface area contributed by atoms with Crippen molar-refractivity contribution in [2.75, 3.05) is 38.8 Å². The Morgan fingerprint density at radius 2 is 0.986 bits per heavy atom. The van der Waals surface area contributed by atoms with Crippen LogP contribution in [-0.4, -0.2) is 143 Å². The Balaban J connectivity index is 0.00000446. The second-order valence-electron chi connectivity index (χ2n) is 22.1. The smallest absolute Gasteiger partial charge is 0.246 e. The maximum Gasteiger partial charge on any atom is 0.246 e. The minimum absolute atomic E-state index is 0. The van der Waals surface area contributed by atoms with Gasteiger partial charge in [0.25, 0.3) is 0 Å². The normalized spacial score (nSPS) is 29.2. The number of hydrogen-bond donors (Lipinski definition) is 6. The fraction of sp³-hybridized carbons (Fsp3) is 0.667. The van der Waals surface area contributed by atoms with Gasteiger partial charge in [-0.25, -0.2) is 0 Å². The first-order valence-corrected chi connectivity index (χ1v) is 28.4. The van der Waals surface area contributed by atoms with Gasteiger partial charge in [0.05, 0.1) is 47.1 Å². The number of benzene rings is 2. The highest BCUT2D eigenvalue weighted by Crippen LogP contribution is 2.48. The Labute approximate surface area is 458 Å². The van der Waals surface area contributed by atoms with Crippen molar-refractivity contribution in [1.82, 2.24) is 41.7 Å². The number of likely N-dealkylation sites (N-methyl/N-ethyl adjacent to an activating group) is 2. The second-order valence-corrected chi connectivity index (χ2v) is 24.6. The van der Waals surface area contributed by atoms with Gasteiger partial charge >= 0.3 is 0 Å². The number of unbranched alkanes of at least 4 members (excludes halogenated alkanes) is 3. The predicted molar refractivity (Wildman–Crippen MR) is 295 cm³/mol. The van der Waals surface area contributed by atoms with Crippen LogP contribution in [0.2, 0.25) is 0 Å². The van der Waals surface area contributed by atoms with E-state index in [0.717, 1.165) is 47.9 Å². The molecule has 6 aliphatic rings. The number of nitrogens with zero attached hydrogens (tertiary/aromatic N) is 2. The summed E-state index contributed by atoms with van der Waals surface area (Å²) in [7, 11) is 3.42. The van der Waals surface area contributed by atoms with Crippen LogP contribution in [0.25, 0.3) is 0 Å². The van der Waals surface area contributed by atoms with Gasteiger partial charge in [-0.3, -0.25) is 28.8 Å². The lowest BCUT2D eigenvalue weighted by Crippen LogP contribution is -2.58. The van der Waals surface area contributed by atoms with E-state index in [4.69, 9.17) is 9.47 Å². The number of thioether (sulfide) groups is 2. The highest BCUT2D eigenvalue weighted by atomic mass is 35.5. The molecule has 2 aromatic rings. The topological polar surface area (TPSA) is 200 Å². The molecule has 12 atom stereocenters. The first kappa shape index (κ1) is 59.6. The second kappa shape index (κ2) is 25.7. The van der Waals surface area contributed by atoms with Crippen LogP contribution in [0.5, 0.6) is 0 Å². The number of hydrogen-bond acceptors (Lipinski definition) is 12. The summed E-state index contributed by atoms with van der Waals surface area (Å²) in [5, 5.41) is 18.2. The van der Waals surface area contributed by atoms with Crippen LogP contribution in [0.4, 0.5) is 0 Å². The van der Waals surface area contributed by atoms with Gasteiger partial charge in [0.2, 0.25) is 35.4 Å². The first-order chi connectivity index (χ1) is 34.4. The molecule has 4 aliphatic heterocycles. The van der Waals surface area contributed by atoms with E-state index in [1.807, 2.05) is 24.3 Å². The molecule has 20 heteroatoms. The third kappa shape index (κ3) is 12.9. The summed E-state index contributed by atoms with van der Waals surface area (Å²) >= 11 is 3.37. The van der Waals surface area contributed by atoms with Crippen molar-refractivity contribution in [2.24, 2.45) is 10.8 Å². The van der Waals surface area contributed by atoms with Crippen LogP contribution >= 0.6 is 48.3 Å². The Morgan fingerprint density at radius 1 is 0.608 bits per heavy atom. The summed E-state index contributed by atoms with van der Waals surface area (Å²) < 4.78 is 13.2. The first-order valence-electron chi connectivity index (χ1n) is 26.3. The van der Waals surface area contributed by atoms with E-state index in [1.165, 1.54) is 0 Å². The fourth-order valence-corrected chi connectivity index (χ4v) is 15.0. The molecule has 6 amide bonds. The maximum atomic E-state index is 14.6. The highest BCUT2D eigenvalue weighted by Gasteiger charge is 2.57. The van der Waals surface area contributed by atoms with E-state index in [0.29, 0.717) is 63.2 Å². The molecule has 2 aromatic carbocycles. The molecule has 0 radical (unpaired) electrons. The summed E-state index contributed by atoms with van der Waals surface area (Å²) in [6, 6.07) is 11.8. The lowest BCUT2D eigenvalue weighted by Gasteiger charge is -2.35. The molecule has 0 saturated carbocycles. The summed E-state index contributed by atoms with van der Waals surface area (Å²) in [5.41, 5.74) is 3.37. The zero-order valence-electron chi connectivity index (χ0n) is 44.2. The highest BCUT2D eigenvalue weighted by molar-refractivity contribution is 8.00. The minimum atomic E-state index is -0.708. The zero-order chi connectivity index (χ0) is 51.5. The van der Waals surface area contributed by atoms with Gasteiger partial charge in [-0.2, -0.15) is 0 Å². The van der Waals surface area contributed by atoms with E-state index in [2.05, 4.69) is 83.9 Å². The van der Waals surface area contributed by atoms with Gasteiger partial charge in [0.15, 0.2) is 0 Å². The molecule has 2 aliphatic carbocycles. The molecule has 0 aromatic heterocycles. The maximum absolute atomic E-state index is 14.6. The van der Waals surface area contributed by atoms with E-state index < -0.39 is 47.1 Å². The molecule has 0 spiro atoms. The Morgan fingerprint density at radius 3 is 1.36 bits per heavy atom. The number of fused-ring (bicyclic) bond motifs is 4. The van der Waals surface area contributed by atoms with Crippen LogP contribution in [0.1, 0.15) is 127 Å². The lowest BCUT2D eigenvalue weighted by molar-refractivity contribution is -0.144. The molecule has 410 valence electrons. The van der Waals surface area contributed by atoms with Crippen molar-refractivity contribution < 1.29 is 38.2 Å². The van der Waals surface area contributed by atoms with Gasteiger partial charge in [-0.1, -0.05) is 89.1 Å². The third-order valence-electron chi connectivity index (χ3n) is 16.0. The van der Waals surface area contributed by atoms with Gasteiger partial charge in [0.1, 0.15) is 24.2 Å². The number of amides is 6. The average molecular weight is 1100 g/mol. The standard InChI is InChI=1S/C54H78N8O8S2.2ClH/c1-31(55-7)47(63)57-37-21-25-71-41-29-53(3,4)45(61(41)51(37)67)49(65)59-43-35-19-13-11-17-33(35)27-39(43)69-23-15-9-10-16-24-70-40-28-34-18-12-14-20-36(34)44(40)60-50(66)46-54(5,6)30-42-62(46)52(68)38(22-26-72-42)58-48(64)32(2)56-8;;/h11-14,17-20,31-32,37-46,55-56H,9-10,15-16,21-30H2,1-8H3,(H,57,63)(H,58,64)(H,59,65)(H,60,66);2*1H/t31-,32-,37-,38-,39+,40+,41-,42-,43-,44-,45+,46+;;/m0../s1. The molecular formula is C54H80Cl2N8O8S2. The van der Waals surface area contributed by atoms with E-state index in [1.54, 1.807) is 61.3 Å². The molecular weight excluding hydrogens is 1020 g/mol. The van der Waals surface area contributed by atoms with E-state index in [9.17, 15) is 28.8 Å². The van der Waals surface area contributed by atoms with Gasteiger partial charge in [-0.05, 0) is 111 Å².